The van der Waals surface area contributed by atoms with Crippen LogP contribution in [0.3, 0.4) is 0 Å². The van der Waals surface area contributed by atoms with E-state index in [0.717, 1.165) is 29.3 Å². The second-order valence-electron chi connectivity index (χ2n) is 8.56. The number of nitriles is 1. The summed E-state index contributed by atoms with van der Waals surface area (Å²) in [5, 5.41) is 12.4. The van der Waals surface area contributed by atoms with Gasteiger partial charge in [0.1, 0.15) is 11.9 Å². The lowest BCUT2D eigenvalue weighted by Gasteiger charge is -2.20. The molecule has 3 unspecified atom stereocenters. The van der Waals surface area contributed by atoms with E-state index in [9.17, 15) is 14.9 Å². The van der Waals surface area contributed by atoms with Crippen molar-refractivity contribution in [2.45, 2.75) is 46.0 Å². The molecule has 2 aromatic rings. The van der Waals surface area contributed by atoms with Crippen molar-refractivity contribution < 1.29 is 14.3 Å². The van der Waals surface area contributed by atoms with Crippen LogP contribution in [0, 0.1) is 42.9 Å². The zero-order valence-electron chi connectivity index (χ0n) is 17.5. The second-order valence-corrected chi connectivity index (χ2v) is 8.56. The standard InChI is InChI=1S/C24H27N3O3/c1-15-16(2)27(20-6-4-3-5-7-20)24(21(15)13-25)26-22(28)14-30-23(29)12-19-11-17-8-9-18(19)10-17/h3-7,17-19H,8-12,14H2,1-2H3,(H,26,28). The zero-order valence-corrected chi connectivity index (χ0v) is 17.5. The summed E-state index contributed by atoms with van der Waals surface area (Å²) in [7, 11) is 0. The van der Waals surface area contributed by atoms with Crippen LogP contribution in [0.2, 0.25) is 0 Å². The normalized spacial score (nSPS) is 22.0. The first-order valence-electron chi connectivity index (χ1n) is 10.6. The number of hydrogen-bond acceptors (Lipinski definition) is 4. The van der Waals surface area contributed by atoms with Crippen LogP contribution in [0.5, 0.6) is 0 Å². The molecular weight excluding hydrogens is 378 g/mol. The molecule has 2 saturated carbocycles. The van der Waals surface area contributed by atoms with E-state index >= 15 is 0 Å². The number of rotatable bonds is 6. The Morgan fingerprint density at radius 3 is 2.60 bits per heavy atom. The van der Waals surface area contributed by atoms with Gasteiger partial charge in [0.2, 0.25) is 0 Å². The molecule has 156 valence electrons. The first-order chi connectivity index (χ1) is 14.5. The molecule has 6 nitrogen and oxygen atoms in total. The maximum absolute atomic E-state index is 12.5. The van der Waals surface area contributed by atoms with E-state index in [2.05, 4.69) is 11.4 Å². The van der Waals surface area contributed by atoms with Crippen molar-refractivity contribution in [2.75, 3.05) is 11.9 Å². The number of nitrogens with one attached hydrogen (secondary N) is 1. The lowest BCUT2D eigenvalue weighted by atomic mass is 9.86. The van der Waals surface area contributed by atoms with E-state index in [1.165, 1.54) is 19.3 Å². The molecule has 6 heteroatoms. The number of hydrogen-bond donors (Lipinski definition) is 1. The fraction of sp³-hybridized carbons (Fsp3) is 0.458. The third-order valence-electron chi connectivity index (χ3n) is 6.78. The highest BCUT2D eigenvalue weighted by molar-refractivity contribution is 5.94. The number of esters is 1. The molecule has 1 N–H and O–H groups in total. The number of benzene rings is 1. The van der Waals surface area contributed by atoms with E-state index in [1.807, 2.05) is 48.7 Å². The van der Waals surface area contributed by atoms with Crippen LogP contribution in [0.25, 0.3) is 5.69 Å². The predicted molar refractivity (Wildman–Crippen MR) is 113 cm³/mol. The Kier molecular flexibility index (Phi) is 5.63. The quantitative estimate of drug-likeness (QED) is 0.727. The molecule has 2 aliphatic carbocycles. The summed E-state index contributed by atoms with van der Waals surface area (Å²) in [5.41, 5.74) is 2.95. The van der Waals surface area contributed by atoms with Gasteiger partial charge in [0, 0.05) is 17.8 Å². The van der Waals surface area contributed by atoms with Gasteiger partial charge in [-0.25, -0.2) is 0 Å². The number of ether oxygens (including phenoxy) is 1. The van der Waals surface area contributed by atoms with Crippen molar-refractivity contribution in [3.8, 4) is 11.8 Å². The van der Waals surface area contributed by atoms with Gasteiger partial charge in [-0.15, -0.1) is 0 Å². The van der Waals surface area contributed by atoms with Crippen LogP contribution in [-0.2, 0) is 14.3 Å². The summed E-state index contributed by atoms with van der Waals surface area (Å²) in [6.45, 7) is 3.43. The van der Waals surface area contributed by atoms with Crippen LogP contribution in [0.4, 0.5) is 5.82 Å². The summed E-state index contributed by atoms with van der Waals surface area (Å²) in [6, 6.07) is 11.7. The van der Waals surface area contributed by atoms with Crippen LogP contribution in [-0.4, -0.2) is 23.1 Å². The van der Waals surface area contributed by atoms with Gasteiger partial charge in [-0.3, -0.25) is 14.2 Å². The summed E-state index contributed by atoms with van der Waals surface area (Å²) in [4.78, 5) is 24.8. The first-order valence-corrected chi connectivity index (χ1v) is 10.6. The van der Waals surface area contributed by atoms with Crippen LogP contribution in [0.1, 0.15) is 48.9 Å². The highest BCUT2D eigenvalue weighted by Crippen LogP contribution is 2.49. The van der Waals surface area contributed by atoms with Gasteiger partial charge < -0.3 is 10.1 Å². The van der Waals surface area contributed by atoms with Crippen LogP contribution < -0.4 is 5.32 Å². The molecule has 30 heavy (non-hydrogen) atoms. The van der Waals surface area contributed by atoms with Gasteiger partial charge in [-0.2, -0.15) is 5.26 Å². The zero-order chi connectivity index (χ0) is 21.3. The third-order valence-corrected chi connectivity index (χ3v) is 6.78. The van der Waals surface area contributed by atoms with Gasteiger partial charge in [0.05, 0.1) is 5.56 Å². The molecule has 0 saturated heterocycles. The van der Waals surface area contributed by atoms with Crippen LogP contribution >= 0.6 is 0 Å². The minimum Gasteiger partial charge on any atom is -0.456 e. The van der Waals surface area contributed by atoms with Crippen molar-refractivity contribution in [3.63, 3.8) is 0 Å². The lowest BCUT2D eigenvalue weighted by molar-refractivity contribution is -0.148. The first kappa shape index (κ1) is 20.2. The summed E-state index contributed by atoms with van der Waals surface area (Å²) >= 11 is 0. The number of fused-ring (bicyclic) bond motifs is 2. The van der Waals surface area contributed by atoms with Gasteiger partial charge in [-0.05, 0) is 68.6 Å². The minimum absolute atomic E-state index is 0.311. The predicted octanol–water partition coefficient (Wildman–Crippen LogP) is 4.27. The van der Waals surface area contributed by atoms with Gasteiger partial charge in [0.15, 0.2) is 6.61 Å². The molecular formula is C24H27N3O3. The topological polar surface area (TPSA) is 84.1 Å². The Labute approximate surface area is 176 Å². The molecule has 1 amide bonds. The molecule has 1 heterocycles. The lowest BCUT2D eigenvalue weighted by Crippen LogP contribution is -2.24. The Hall–Kier alpha value is -3.07. The number of nitrogens with zero attached hydrogens (tertiary/aromatic N) is 2. The number of para-hydroxylation sites is 1. The van der Waals surface area contributed by atoms with E-state index in [-0.39, 0.29) is 12.6 Å². The molecule has 2 bridgehead atoms. The van der Waals surface area contributed by atoms with Crippen molar-refractivity contribution in [2.24, 2.45) is 17.8 Å². The number of amides is 1. The Morgan fingerprint density at radius 2 is 1.97 bits per heavy atom. The number of aromatic nitrogens is 1. The van der Waals surface area contributed by atoms with Gasteiger partial charge in [0.25, 0.3) is 5.91 Å². The van der Waals surface area contributed by atoms with Crippen LogP contribution in [0.15, 0.2) is 30.3 Å². The fourth-order valence-corrected chi connectivity index (χ4v) is 5.17. The Morgan fingerprint density at radius 1 is 1.20 bits per heavy atom. The highest BCUT2D eigenvalue weighted by Gasteiger charge is 2.40. The highest BCUT2D eigenvalue weighted by atomic mass is 16.5. The number of carbonyl (C=O) groups excluding carboxylic acids is 2. The Balaban J connectivity index is 1.42. The average Bonchev–Trinajstić information content (AvgIpc) is 3.42. The van der Waals surface area contributed by atoms with Crippen molar-refractivity contribution in [3.05, 3.63) is 47.2 Å². The summed E-state index contributed by atoms with van der Waals surface area (Å²) in [5.74, 6) is 1.49. The molecule has 1 aromatic heterocycles. The Bertz CT molecular complexity index is 1000. The van der Waals surface area contributed by atoms with Gasteiger partial charge in [-0.1, -0.05) is 24.6 Å². The molecule has 4 rings (SSSR count). The van der Waals surface area contributed by atoms with Crippen molar-refractivity contribution in [1.29, 1.82) is 5.26 Å². The van der Waals surface area contributed by atoms with Gasteiger partial charge >= 0.3 is 5.97 Å². The number of anilines is 1. The molecule has 0 spiro atoms. The summed E-state index contributed by atoms with van der Waals surface area (Å²) < 4.78 is 7.11. The molecule has 0 aliphatic heterocycles. The molecule has 2 aliphatic rings. The van der Waals surface area contributed by atoms with Crippen molar-refractivity contribution in [1.82, 2.24) is 4.57 Å². The smallest absolute Gasteiger partial charge is 0.306 e. The molecule has 1 aromatic carbocycles. The average molecular weight is 405 g/mol. The largest absolute Gasteiger partial charge is 0.456 e. The monoisotopic (exact) mass is 405 g/mol. The van der Waals surface area contributed by atoms with E-state index in [1.54, 1.807) is 0 Å². The SMILES string of the molecule is Cc1c(C#N)c(NC(=O)COC(=O)CC2CC3CCC2C3)n(-c2ccccc2)c1C. The fourth-order valence-electron chi connectivity index (χ4n) is 5.17. The maximum atomic E-state index is 12.5. The number of carbonyl (C=O) groups is 2. The second kappa shape index (κ2) is 8.35. The maximum Gasteiger partial charge on any atom is 0.306 e. The minimum atomic E-state index is -0.442. The van der Waals surface area contributed by atoms with E-state index < -0.39 is 5.91 Å². The molecule has 3 atom stereocenters. The van der Waals surface area contributed by atoms with E-state index in [4.69, 9.17) is 4.74 Å². The molecule has 0 radical (unpaired) electrons. The van der Waals surface area contributed by atoms with Crippen molar-refractivity contribution >= 4 is 17.7 Å². The third kappa shape index (κ3) is 3.85. The summed E-state index contributed by atoms with van der Waals surface area (Å²) in [6.07, 6.45) is 5.26. The van der Waals surface area contributed by atoms with E-state index in [0.29, 0.717) is 29.6 Å². The molecule has 2 fully saturated rings.